The summed E-state index contributed by atoms with van der Waals surface area (Å²) in [6.45, 7) is 4.45. The molecule has 25 heavy (non-hydrogen) atoms. The van der Waals surface area contributed by atoms with Crippen LogP contribution in [0, 0.1) is 6.92 Å². The number of nitrogens with one attached hydrogen (secondary N) is 2. The van der Waals surface area contributed by atoms with Crippen molar-refractivity contribution >= 4 is 17.5 Å². The van der Waals surface area contributed by atoms with E-state index in [-0.39, 0.29) is 17.9 Å². The van der Waals surface area contributed by atoms with Gasteiger partial charge in [0.05, 0.1) is 25.1 Å². The number of carbonyl (C=O) groups is 1. The summed E-state index contributed by atoms with van der Waals surface area (Å²) in [6.07, 6.45) is 3.84. The summed E-state index contributed by atoms with van der Waals surface area (Å²) in [4.78, 5) is 33.7. The van der Waals surface area contributed by atoms with Crippen molar-refractivity contribution in [3.63, 3.8) is 0 Å². The van der Waals surface area contributed by atoms with Gasteiger partial charge in [-0.1, -0.05) is 0 Å². The summed E-state index contributed by atoms with van der Waals surface area (Å²) in [5, 5.41) is 6.75. The summed E-state index contributed by atoms with van der Waals surface area (Å²) in [6, 6.07) is 0. The molecule has 0 aromatic carbocycles. The minimum absolute atomic E-state index is 0.163. The number of carbonyl (C=O) groups excluding carboxylic acids is 1. The molecule has 9 nitrogen and oxygen atoms in total. The van der Waals surface area contributed by atoms with Gasteiger partial charge in [-0.2, -0.15) is 5.10 Å². The molecule has 0 unspecified atom stereocenters. The molecule has 1 fully saturated rings. The summed E-state index contributed by atoms with van der Waals surface area (Å²) in [5.41, 5.74) is 1.64. The molecule has 0 radical (unpaired) electrons. The fraction of sp³-hybridized carbons (Fsp3) is 0.500. The normalized spacial score (nSPS) is 14.6. The number of aryl methyl sites for hydroxylation is 2. The summed E-state index contributed by atoms with van der Waals surface area (Å²) < 4.78 is 6.92. The van der Waals surface area contributed by atoms with E-state index in [9.17, 15) is 9.59 Å². The Morgan fingerprint density at radius 3 is 2.80 bits per heavy atom. The number of rotatable bonds is 5. The van der Waals surface area contributed by atoms with Crippen molar-refractivity contribution < 1.29 is 9.53 Å². The zero-order chi connectivity index (χ0) is 17.8. The average molecular weight is 346 g/mol. The van der Waals surface area contributed by atoms with Crippen molar-refractivity contribution in [3.8, 4) is 0 Å². The first-order chi connectivity index (χ1) is 12.0. The first-order valence-electron chi connectivity index (χ1n) is 8.24. The molecule has 0 saturated carbocycles. The fourth-order valence-corrected chi connectivity index (χ4v) is 2.76. The number of aromatic amines is 1. The lowest BCUT2D eigenvalue weighted by molar-refractivity contribution is -0.116. The van der Waals surface area contributed by atoms with Gasteiger partial charge in [-0.05, 0) is 13.3 Å². The molecule has 0 bridgehead atoms. The van der Waals surface area contributed by atoms with Crippen LogP contribution in [0.1, 0.15) is 17.7 Å². The Balaban J connectivity index is 1.64. The third-order valence-electron chi connectivity index (χ3n) is 4.11. The Kier molecular flexibility index (Phi) is 5.13. The average Bonchev–Trinajstić information content (AvgIpc) is 2.99. The molecule has 1 aliphatic rings. The van der Waals surface area contributed by atoms with Gasteiger partial charge in [0.25, 0.3) is 5.56 Å². The highest BCUT2D eigenvalue weighted by Crippen LogP contribution is 2.12. The zero-order valence-corrected chi connectivity index (χ0v) is 14.4. The standard InChI is InChI=1S/C16H22N6O3/c1-11-13(3-4-14(23)19-12-9-17-21(2)10-12)15(24)20-16(18-11)22-5-7-25-8-6-22/h9-10H,3-8H2,1-2H3,(H,19,23)(H,18,20,24). The molecular weight excluding hydrogens is 324 g/mol. The quantitative estimate of drug-likeness (QED) is 0.802. The van der Waals surface area contributed by atoms with Crippen LogP contribution in [-0.4, -0.2) is 52.0 Å². The lowest BCUT2D eigenvalue weighted by Gasteiger charge is -2.27. The molecule has 1 aliphatic heterocycles. The van der Waals surface area contributed by atoms with Crippen LogP contribution in [0.2, 0.25) is 0 Å². The number of H-pyrrole nitrogens is 1. The van der Waals surface area contributed by atoms with Gasteiger partial charge in [-0.25, -0.2) is 4.98 Å². The van der Waals surface area contributed by atoms with E-state index in [1.54, 1.807) is 31.0 Å². The van der Waals surface area contributed by atoms with Crippen molar-refractivity contribution in [3.05, 3.63) is 34.0 Å². The fourth-order valence-electron chi connectivity index (χ4n) is 2.76. The minimum atomic E-state index is -0.192. The number of nitrogens with zero attached hydrogens (tertiary/aromatic N) is 4. The van der Waals surface area contributed by atoms with Crippen molar-refractivity contribution in [1.29, 1.82) is 0 Å². The SMILES string of the molecule is Cc1nc(N2CCOCC2)[nH]c(=O)c1CCC(=O)Nc1cnn(C)c1. The van der Waals surface area contributed by atoms with E-state index < -0.39 is 0 Å². The van der Waals surface area contributed by atoms with Crippen LogP contribution in [0.3, 0.4) is 0 Å². The van der Waals surface area contributed by atoms with E-state index in [0.717, 1.165) is 0 Å². The number of amides is 1. The van der Waals surface area contributed by atoms with Gasteiger partial charge in [0.2, 0.25) is 11.9 Å². The number of hydrogen-bond donors (Lipinski definition) is 2. The summed E-state index contributed by atoms with van der Waals surface area (Å²) >= 11 is 0. The van der Waals surface area contributed by atoms with E-state index in [4.69, 9.17) is 4.74 Å². The maximum atomic E-state index is 12.4. The molecule has 134 valence electrons. The topological polar surface area (TPSA) is 105 Å². The van der Waals surface area contributed by atoms with Crippen LogP contribution in [0.4, 0.5) is 11.6 Å². The van der Waals surface area contributed by atoms with Crippen LogP contribution < -0.4 is 15.8 Å². The van der Waals surface area contributed by atoms with Gasteiger partial charge in [0.1, 0.15) is 0 Å². The maximum absolute atomic E-state index is 12.4. The summed E-state index contributed by atoms with van der Waals surface area (Å²) in [7, 11) is 1.78. The first-order valence-corrected chi connectivity index (χ1v) is 8.24. The van der Waals surface area contributed by atoms with Gasteiger partial charge < -0.3 is 15.0 Å². The van der Waals surface area contributed by atoms with E-state index in [1.165, 1.54) is 0 Å². The number of anilines is 2. The van der Waals surface area contributed by atoms with Crippen molar-refractivity contribution in [1.82, 2.24) is 19.7 Å². The van der Waals surface area contributed by atoms with Crippen molar-refractivity contribution in [2.24, 2.45) is 7.05 Å². The second kappa shape index (κ2) is 7.47. The van der Waals surface area contributed by atoms with Crippen LogP contribution in [0.25, 0.3) is 0 Å². The molecule has 2 N–H and O–H groups in total. The highest BCUT2D eigenvalue weighted by atomic mass is 16.5. The first kappa shape index (κ1) is 17.2. The maximum Gasteiger partial charge on any atom is 0.255 e. The number of hydrogen-bond acceptors (Lipinski definition) is 6. The van der Waals surface area contributed by atoms with Crippen LogP contribution in [-0.2, 0) is 23.0 Å². The number of aromatic nitrogens is 4. The van der Waals surface area contributed by atoms with Gasteiger partial charge >= 0.3 is 0 Å². The molecule has 3 rings (SSSR count). The molecule has 9 heteroatoms. The molecule has 0 spiro atoms. The second-order valence-electron chi connectivity index (χ2n) is 6.00. The van der Waals surface area contributed by atoms with E-state index in [0.29, 0.717) is 55.6 Å². The Morgan fingerprint density at radius 2 is 2.16 bits per heavy atom. The lowest BCUT2D eigenvalue weighted by atomic mass is 10.1. The summed E-state index contributed by atoms with van der Waals surface area (Å²) in [5.74, 6) is 0.401. The Morgan fingerprint density at radius 1 is 1.40 bits per heavy atom. The van der Waals surface area contributed by atoms with Crippen molar-refractivity contribution in [2.45, 2.75) is 19.8 Å². The molecule has 1 amide bonds. The largest absolute Gasteiger partial charge is 0.378 e. The highest BCUT2D eigenvalue weighted by Gasteiger charge is 2.16. The monoisotopic (exact) mass is 346 g/mol. The number of morpholine rings is 1. The second-order valence-corrected chi connectivity index (χ2v) is 6.00. The van der Waals surface area contributed by atoms with Crippen LogP contribution in [0.15, 0.2) is 17.2 Å². The van der Waals surface area contributed by atoms with Crippen LogP contribution in [0.5, 0.6) is 0 Å². The Bertz CT molecular complexity index is 806. The smallest absolute Gasteiger partial charge is 0.255 e. The molecule has 3 heterocycles. The van der Waals surface area contributed by atoms with E-state index in [2.05, 4.69) is 20.4 Å². The van der Waals surface area contributed by atoms with Gasteiger partial charge in [-0.15, -0.1) is 0 Å². The zero-order valence-electron chi connectivity index (χ0n) is 14.4. The van der Waals surface area contributed by atoms with Crippen LogP contribution >= 0.6 is 0 Å². The van der Waals surface area contributed by atoms with E-state index in [1.807, 2.05) is 4.90 Å². The molecule has 0 atom stereocenters. The lowest BCUT2D eigenvalue weighted by Crippen LogP contribution is -2.38. The van der Waals surface area contributed by atoms with Gasteiger partial charge in [0.15, 0.2) is 0 Å². The predicted molar refractivity (Wildman–Crippen MR) is 92.8 cm³/mol. The van der Waals surface area contributed by atoms with Gasteiger partial charge in [0, 0.05) is 44.0 Å². The molecule has 0 aliphatic carbocycles. The molecule has 2 aromatic rings. The molecular formula is C16H22N6O3. The predicted octanol–water partition coefficient (Wildman–Crippen LogP) is 0.220. The molecule has 1 saturated heterocycles. The van der Waals surface area contributed by atoms with E-state index >= 15 is 0 Å². The number of ether oxygens (including phenoxy) is 1. The van der Waals surface area contributed by atoms with Gasteiger partial charge in [-0.3, -0.25) is 19.3 Å². The third-order valence-corrected chi connectivity index (χ3v) is 4.11. The Labute approximate surface area is 145 Å². The highest BCUT2D eigenvalue weighted by molar-refractivity contribution is 5.90. The minimum Gasteiger partial charge on any atom is -0.378 e. The Hall–Kier alpha value is -2.68. The van der Waals surface area contributed by atoms with Crippen molar-refractivity contribution in [2.75, 3.05) is 36.5 Å². The molecule has 2 aromatic heterocycles. The third kappa shape index (κ3) is 4.24.